The van der Waals surface area contributed by atoms with Gasteiger partial charge in [0, 0.05) is 43.2 Å². The summed E-state index contributed by atoms with van der Waals surface area (Å²) in [5, 5.41) is 10.4. The van der Waals surface area contributed by atoms with Crippen LogP contribution in [0.25, 0.3) is 11.0 Å². The molecule has 29 heavy (non-hydrogen) atoms. The molecule has 0 radical (unpaired) electrons. The van der Waals surface area contributed by atoms with Crippen LogP contribution in [0.3, 0.4) is 0 Å². The minimum Gasteiger partial charge on any atom is -0.467 e. The van der Waals surface area contributed by atoms with E-state index in [1.165, 1.54) is 7.11 Å². The molecule has 9 nitrogen and oxygen atoms in total. The zero-order valence-electron chi connectivity index (χ0n) is 16.7. The van der Waals surface area contributed by atoms with Crippen molar-refractivity contribution in [2.24, 2.45) is 0 Å². The van der Waals surface area contributed by atoms with Crippen LogP contribution in [-0.4, -0.2) is 50.9 Å². The smallest absolute Gasteiger partial charge is 0.338 e. The van der Waals surface area contributed by atoms with Gasteiger partial charge in [0.1, 0.15) is 11.3 Å². The SMILES string of the molecule is COC(=O)C1(OC)CCC(c2nc(Nc3cc(C)[nH]n3)cc3nccnc23)CC1. The normalized spacial score (nSPS) is 21.8. The van der Waals surface area contributed by atoms with Crippen molar-refractivity contribution in [1.29, 1.82) is 0 Å². The topological polar surface area (TPSA) is 115 Å². The summed E-state index contributed by atoms with van der Waals surface area (Å²) in [5.74, 6) is 1.18. The van der Waals surface area contributed by atoms with Gasteiger partial charge in [-0.05, 0) is 32.6 Å². The maximum atomic E-state index is 12.2. The molecule has 4 rings (SSSR count). The van der Waals surface area contributed by atoms with Crippen molar-refractivity contribution in [1.82, 2.24) is 25.1 Å². The van der Waals surface area contributed by atoms with Crippen molar-refractivity contribution in [3.63, 3.8) is 0 Å². The van der Waals surface area contributed by atoms with Crippen molar-refractivity contribution in [2.45, 2.75) is 44.1 Å². The minimum atomic E-state index is -0.880. The first-order valence-corrected chi connectivity index (χ1v) is 9.59. The number of nitrogens with one attached hydrogen (secondary N) is 2. The molecule has 0 aliphatic heterocycles. The second-order valence-electron chi connectivity index (χ2n) is 7.34. The van der Waals surface area contributed by atoms with Crippen LogP contribution in [-0.2, 0) is 14.3 Å². The summed E-state index contributed by atoms with van der Waals surface area (Å²) in [6.07, 6.45) is 5.97. The van der Waals surface area contributed by atoms with Gasteiger partial charge in [-0.15, -0.1) is 0 Å². The molecule has 9 heteroatoms. The van der Waals surface area contributed by atoms with E-state index in [1.54, 1.807) is 19.5 Å². The molecule has 0 saturated heterocycles. The number of pyridine rings is 1. The first-order chi connectivity index (χ1) is 14.0. The van der Waals surface area contributed by atoms with Crippen LogP contribution in [0, 0.1) is 6.92 Å². The molecule has 2 N–H and O–H groups in total. The van der Waals surface area contributed by atoms with E-state index < -0.39 is 5.60 Å². The maximum Gasteiger partial charge on any atom is 0.338 e. The van der Waals surface area contributed by atoms with Crippen LogP contribution < -0.4 is 5.32 Å². The highest BCUT2D eigenvalue weighted by molar-refractivity contribution is 5.81. The van der Waals surface area contributed by atoms with Gasteiger partial charge in [-0.1, -0.05) is 0 Å². The Morgan fingerprint density at radius 1 is 1.17 bits per heavy atom. The number of aromatic amines is 1. The van der Waals surface area contributed by atoms with E-state index in [9.17, 15) is 4.79 Å². The number of aromatic nitrogens is 5. The van der Waals surface area contributed by atoms with Gasteiger partial charge in [0.25, 0.3) is 0 Å². The summed E-state index contributed by atoms with van der Waals surface area (Å²) in [4.78, 5) is 26.1. The quantitative estimate of drug-likeness (QED) is 0.633. The molecule has 1 saturated carbocycles. The van der Waals surface area contributed by atoms with Gasteiger partial charge in [-0.3, -0.25) is 15.1 Å². The molecular formula is C20H24N6O3. The number of esters is 1. The van der Waals surface area contributed by atoms with Crippen molar-refractivity contribution in [3.8, 4) is 0 Å². The predicted octanol–water partition coefficient (Wildman–Crippen LogP) is 3.02. The van der Waals surface area contributed by atoms with Gasteiger partial charge in [0.05, 0.1) is 18.3 Å². The summed E-state index contributed by atoms with van der Waals surface area (Å²) in [6.45, 7) is 1.94. The van der Waals surface area contributed by atoms with E-state index in [2.05, 4.69) is 25.5 Å². The van der Waals surface area contributed by atoms with Crippen LogP contribution in [0.5, 0.6) is 0 Å². The van der Waals surface area contributed by atoms with E-state index in [-0.39, 0.29) is 11.9 Å². The number of fused-ring (bicyclic) bond motifs is 1. The lowest BCUT2D eigenvalue weighted by Crippen LogP contribution is -2.44. The Bertz CT molecular complexity index is 1030. The molecule has 1 aliphatic carbocycles. The molecule has 0 spiro atoms. The molecule has 3 heterocycles. The summed E-state index contributed by atoms with van der Waals surface area (Å²) >= 11 is 0. The molecular weight excluding hydrogens is 372 g/mol. The maximum absolute atomic E-state index is 12.2. The fraction of sp³-hybridized carbons (Fsp3) is 0.450. The standard InChI is InChI=1S/C20H24N6O3/c1-12-10-16(26-25-12)23-15-11-14-18(22-9-8-21-14)17(24-15)13-4-6-20(29-3,7-5-13)19(27)28-2/h8-11,13H,4-7H2,1-3H3,(H2,23,24,25,26). The molecule has 0 atom stereocenters. The lowest BCUT2D eigenvalue weighted by atomic mass is 9.77. The summed E-state index contributed by atoms with van der Waals surface area (Å²) in [6, 6.07) is 3.78. The number of methoxy groups -OCH3 is 2. The number of ether oxygens (including phenoxy) is 2. The largest absolute Gasteiger partial charge is 0.467 e. The Kier molecular flexibility index (Phi) is 5.14. The lowest BCUT2D eigenvalue weighted by Gasteiger charge is -2.36. The van der Waals surface area contributed by atoms with Crippen LogP contribution in [0.2, 0.25) is 0 Å². The lowest BCUT2D eigenvalue weighted by molar-refractivity contribution is -0.170. The molecule has 152 valence electrons. The number of H-pyrrole nitrogens is 1. The second-order valence-corrected chi connectivity index (χ2v) is 7.34. The average Bonchev–Trinajstić information content (AvgIpc) is 3.17. The Labute approximate surface area is 168 Å². The highest BCUT2D eigenvalue weighted by Crippen LogP contribution is 2.41. The molecule has 3 aromatic heterocycles. The number of hydrogen-bond acceptors (Lipinski definition) is 8. The Hall–Kier alpha value is -3.07. The Balaban J connectivity index is 1.65. The van der Waals surface area contributed by atoms with Gasteiger partial charge in [-0.2, -0.15) is 5.10 Å². The van der Waals surface area contributed by atoms with Gasteiger partial charge in [-0.25, -0.2) is 9.78 Å². The number of hydrogen-bond donors (Lipinski definition) is 2. The van der Waals surface area contributed by atoms with Crippen LogP contribution in [0.1, 0.15) is 43.0 Å². The van der Waals surface area contributed by atoms with E-state index in [0.29, 0.717) is 24.5 Å². The molecule has 0 bridgehead atoms. The number of carbonyl (C=O) groups is 1. The average molecular weight is 396 g/mol. The molecule has 0 amide bonds. The molecule has 1 aliphatic rings. The van der Waals surface area contributed by atoms with E-state index >= 15 is 0 Å². The number of aryl methyl sites for hydroxylation is 1. The van der Waals surface area contributed by atoms with Crippen molar-refractivity contribution < 1.29 is 14.3 Å². The molecule has 3 aromatic rings. The van der Waals surface area contributed by atoms with Crippen LogP contribution in [0.15, 0.2) is 24.5 Å². The monoisotopic (exact) mass is 396 g/mol. The van der Waals surface area contributed by atoms with Gasteiger partial charge in [0.2, 0.25) is 0 Å². The fourth-order valence-corrected chi connectivity index (χ4v) is 3.99. The third-order valence-corrected chi connectivity index (χ3v) is 5.57. The number of carbonyl (C=O) groups excluding carboxylic acids is 1. The third kappa shape index (κ3) is 3.65. The van der Waals surface area contributed by atoms with E-state index in [0.717, 1.165) is 35.3 Å². The zero-order chi connectivity index (χ0) is 20.4. The van der Waals surface area contributed by atoms with E-state index in [4.69, 9.17) is 14.5 Å². The highest BCUT2D eigenvalue weighted by atomic mass is 16.6. The molecule has 1 fully saturated rings. The van der Waals surface area contributed by atoms with E-state index in [1.807, 2.05) is 19.1 Å². The van der Waals surface area contributed by atoms with Crippen LogP contribution in [0.4, 0.5) is 11.6 Å². The van der Waals surface area contributed by atoms with Gasteiger partial charge < -0.3 is 14.8 Å². The Morgan fingerprint density at radius 2 is 1.93 bits per heavy atom. The summed E-state index contributed by atoms with van der Waals surface area (Å²) < 4.78 is 10.5. The van der Waals surface area contributed by atoms with Crippen molar-refractivity contribution in [3.05, 3.63) is 35.9 Å². The van der Waals surface area contributed by atoms with Crippen LogP contribution >= 0.6 is 0 Å². The zero-order valence-corrected chi connectivity index (χ0v) is 16.7. The first-order valence-electron chi connectivity index (χ1n) is 9.59. The van der Waals surface area contributed by atoms with Gasteiger partial charge in [0.15, 0.2) is 11.4 Å². The Morgan fingerprint density at radius 3 is 2.59 bits per heavy atom. The fourth-order valence-electron chi connectivity index (χ4n) is 3.99. The molecule has 0 aromatic carbocycles. The third-order valence-electron chi connectivity index (χ3n) is 5.57. The summed E-state index contributed by atoms with van der Waals surface area (Å²) in [5.41, 5.74) is 2.50. The number of nitrogens with zero attached hydrogens (tertiary/aromatic N) is 4. The highest BCUT2D eigenvalue weighted by Gasteiger charge is 2.44. The summed E-state index contributed by atoms with van der Waals surface area (Å²) in [7, 11) is 2.96. The number of anilines is 2. The van der Waals surface area contributed by atoms with Crippen molar-refractivity contribution in [2.75, 3.05) is 19.5 Å². The predicted molar refractivity (Wildman–Crippen MR) is 107 cm³/mol. The van der Waals surface area contributed by atoms with Crippen molar-refractivity contribution >= 4 is 28.6 Å². The van der Waals surface area contributed by atoms with Gasteiger partial charge >= 0.3 is 5.97 Å². The first kappa shape index (κ1) is 19.3. The second kappa shape index (κ2) is 7.75. The molecule has 0 unspecified atom stereocenters. The minimum absolute atomic E-state index is 0.143. The number of rotatable bonds is 5.